The second kappa shape index (κ2) is 9.20. The molecule has 0 aromatic heterocycles. The molecule has 3 nitrogen and oxygen atoms in total. The molecule has 0 radical (unpaired) electrons. The van der Waals surface area contributed by atoms with E-state index in [2.05, 4.69) is 12.2 Å². The highest BCUT2D eigenvalue weighted by molar-refractivity contribution is 5.87. The molecule has 19 heavy (non-hydrogen) atoms. The third-order valence-electron chi connectivity index (χ3n) is 2.87. The molecule has 0 aliphatic heterocycles. The number of carboxylic acids is 1. The number of rotatable bonds is 9. The Bertz CT molecular complexity index is 393. The summed E-state index contributed by atoms with van der Waals surface area (Å²) in [5.74, 6) is -0.174. The molecule has 0 bridgehead atoms. The lowest BCUT2D eigenvalue weighted by Gasteiger charge is -2.06. The quantitative estimate of drug-likeness (QED) is 0.533. The Balaban J connectivity index is 2.10. The number of ether oxygens (including phenoxy) is 1. The molecular formula is C16H22O3. The van der Waals surface area contributed by atoms with E-state index in [1.165, 1.54) is 19.3 Å². The molecule has 0 saturated carbocycles. The Morgan fingerprint density at radius 3 is 2.47 bits per heavy atom. The van der Waals surface area contributed by atoms with Gasteiger partial charge in [-0.3, -0.25) is 0 Å². The maximum Gasteiger partial charge on any atom is 0.335 e. The molecule has 0 unspecified atom stereocenters. The van der Waals surface area contributed by atoms with Gasteiger partial charge in [0.05, 0.1) is 12.2 Å². The number of unbranched alkanes of at least 4 members (excludes halogenated alkanes) is 4. The summed E-state index contributed by atoms with van der Waals surface area (Å²) in [7, 11) is 0. The Hall–Kier alpha value is -1.77. The fourth-order valence-electron chi connectivity index (χ4n) is 1.77. The number of benzene rings is 1. The van der Waals surface area contributed by atoms with Crippen LogP contribution in [0.2, 0.25) is 0 Å². The molecule has 0 saturated heterocycles. The zero-order valence-electron chi connectivity index (χ0n) is 11.5. The lowest BCUT2D eigenvalue weighted by molar-refractivity contribution is 0.0697. The molecule has 0 fully saturated rings. The SMILES string of the molecule is CC=CCCCCCCOc1ccc(C(=O)O)cc1. The van der Waals surface area contributed by atoms with Gasteiger partial charge in [0.2, 0.25) is 0 Å². The van der Waals surface area contributed by atoms with Gasteiger partial charge in [0.1, 0.15) is 5.75 Å². The van der Waals surface area contributed by atoms with Crippen molar-refractivity contribution in [1.29, 1.82) is 0 Å². The third kappa shape index (κ3) is 6.65. The second-order valence-corrected chi connectivity index (χ2v) is 4.45. The molecular weight excluding hydrogens is 240 g/mol. The standard InChI is InChI=1S/C16H22O3/c1-2-3-4-5-6-7-8-13-19-15-11-9-14(10-12-15)16(17)18/h2-3,9-12H,4-8,13H2,1H3,(H,17,18). The molecule has 0 atom stereocenters. The van der Waals surface area contributed by atoms with E-state index in [-0.39, 0.29) is 5.56 Å². The van der Waals surface area contributed by atoms with E-state index >= 15 is 0 Å². The van der Waals surface area contributed by atoms with E-state index in [1.807, 2.05) is 6.92 Å². The van der Waals surface area contributed by atoms with Gasteiger partial charge in [-0.05, 0) is 50.5 Å². The number of allylic oxidation sites excluding steroid dienone is 2. The summed E-state index contributed by atoms with van der Waals surface area (Å²) in [6.07, 6.45) is 10.1. The first-order valence-corrected chi connectivity index (χ1v) is 6.81. The van der Waals surface area contributed by atoms with Crippen molar-refractivity contribution in [2.45, 2.75) is 39.0 Å². The van der Waals surface area contributed by atoms with E-state index in [4.69, 9.17) is 9.84 Å². The van der Waals surface area contributed by atoms with Crippen LogP contribution in [0.1, 0.15) is 49.4 Å². The van der Waals surface area contributed by atoms with Gasteiger partial charge >= 0.3 is 5.97 Å². The van der Waals surface area contributed by atoms with Gasteiger partial charge in [-0.25, -0.2) is 4.79 Å². The van der Waals surface area contributed by atoms with E-state index in [0.29, 0.717) is 6.61 Å². The van der Waals surface area contributed by atoms with Crippen LogP contribution in [0, 0.1) is 0 Å². The average molecular weight is 262 g/mol. The lowest BCUT2D eigenvalue weighted by atomic mass is 10.1. The summed E-state index contributed by atoms with van der Waals surface area (Å²) in [4.78, 5) is 10.7. The van der Waals surface area contributed by atoms with E-state index in [1.54, 1.807) is 24.3 Å². The summed E-state index contributed by atoms with van der Waals surface area (Å²) in [6, 6.07) is 6.54. The van der Waals surface area contributed by atoms with Crippen LogP contribution in [-0.4, -0.2) is 17.7 Å². The van der Waals surface area contributed by atoms with E-state index in [0.717, 1.165) is 18.6 Å². The third-order valence-corrected chi connectivity index (χ3v) is 2.87. The molecule has 3 heteroatoms. The van der Waals surface area contributed by atoms with Crippen molar-refractivity contribution in [2.24, 2.45) is 0 Å². The predicted molar refractivity (Wildman–Crippen MR) is 76.8 cm³/mol. The van der Waals surface area contributed by atoms with Crippen LogP contribution in [0.4, 0.5) is 0 Å². The van der Waals surface area contributed by atoms with Gasteiger partial charge < -0.3 is 9.84 Å². The molecule has 0 aliphatic carbocycles. The van der Waals surface area contributed by atoms with Crippen LogP contribution in [0.15, 0.2) is 36.4 Å². The molecule has 104 valence electrons. The van der Waals surface area contributed by atoms with E-state index in [9.17, 15) is 4.79 Å². The highest BCUT2D eigenvalue weighted by Crippen LogP contribution is 2.13. The zero-order valence-corrected chi connectivity index (χ0v) is 11.5. The fourth-order valence-corrected chi connectivity index (χ4v) is 1.77. The van der Waals surface area contributed by atoms with Crippen LogP contribution in [-0.2, 0) is 0 Å². The van der Waals surface area contributed by atoms with Crippen molar-refractivity contribution < 1.29 is 14.6 Å². The zero-order chi connectivity index (χ0) is 13.9. The average Bonchev–Trinajstić information content (AvgIpc) is 2.42. The minimum Gasteiger partial charge on any atom is -0.494 e. The summed E-state index contributed by atoms with van der Waals surface area (Å²) in [6.45, 7) is 2.74. The Labute approximate surface area is 114 Å². The smallest absolute Gasteiger partial charge is 0.335 e. The Kier molecular flexibility index (Phi) is 7.40. The van der Waals surface area contributed by atoms with Crippen LogP contribution in [0.25, 0.3) is 0 Å². The van der Waals surface area contributed by atoms with Crippen molar-refractivity contribution >= 4 is 5.97 Å². The number of aromatic carboxylic acids is 1. The number of carboxylic acid groups (broad SMARTS) is 1. The van der Waals surface area contributed by atoms with Crippen molar-refractivity contribution in [3.63, 3.8) is 0 Å². The van der Waals surface area contributed by atoms with Crippen LogP contribution in [0.5, 0.6) is 5.75 Å². The van der Waals surface area contributed by atoms with Gasteiger partial charge in [0.15, 0.2) is 0 Å². The lowest BCUT2D eigenvalue weighted by Crippen LogP contribution is -1.99. The van der Waals surface area contributed by atoms with E-state index < -0.39 is 5.97 Å². The van der Waals surface area contributed by atoms with Gasteiger partial charge in [-0.2, -0.15) is 0 Å². The highest BCUT2D eigenvalue weighted by Gasteiger charge is 2.01. The minimum absolute atomic E-state index is 0.288. The van der Waals surface area contributed by atoms with Crippen molar-refractivity contribution in [1.82, 2.24) is 0 Å². The maximum absolute atomic E-state index is 10.7. The first-order valence-electron chi connectivity index (χ1n) is 6.81. The molecule has 0 spiro atoms. The highest BCUT2D eigenvalue weighted by atomic mass is 16.5. The van der Waals surface area contributed by atoms with Gasteiger partial charge in [0.25, 0.3) is 0 Å². The fraction of sp³-hybridized carbons (Fsp3) is 0.438. The monoisotopic (exact) mass is 262 g/mol. The maximum atomic E-state index is 10.7. The molecule has 0 heterocycles. The molecule has 1 rings (SSSR count). The molecule has 0 aliphatic rings. The second-order valence-electron chi connectivity index (χ2n) is 4.45. The molecule has 1 N–H and O–H groups in total. The van der Waals surface area contributed by atoms with Crippen molar-refractivity contribution in [2.75, 3.05) is 6.61 Å². The molecule has 1 aromatic carbocycles. The minimum atomic E-state index is -0.910. The number of hydrogen-bond donors (Lipinski definition) is 1. The van der Waals surface area contributed by atoms with Gasteiger partial charge in [-0.1, -0.05) is 25.0 Å². The first-order chi connectivity index (χ1) is 9.24. The normalized spacial score (nSPS) is 10.8. The first kappa shape index (κ1) is 15.3. The molecule has 0 amide bonds. The van der Waals surface area contributed by atoms with Gasteiger partial charge in [0, 0.05) is 0 Å². The Morgan fingerprint density at radius 2 is 1.84 bits per heavy atom. The molecule has 1 aromatic rings. The Morgan fingerprint density at radius 1 is 1.16 bits per heavy atom. The van der Waals surface area contributed by atoms with Crippen molar-refractivity contribution in [3.05, 3.63) is 42.0 Å². The summed E-state index contributed by atoms with van der Waals surface area (Å²) in [5.41, 5.74) is 0.288. The predicted octanol–water partition coefficient (Wildman–Crippen LogP) is 4.29. The van der Waals surface area contributed by atoms with Crippen LogP contribution >= 0.6 is 0 Å². The largest absolute Gasteiger partial charge is 0.494 e. The summed E-state index contributed by atoms with van der Waals surface area (Å²) < 4.78 is 5.56. The van der Waals surface area contributed by atoms with Crippen molar-refractivity contribution in [3.8, 4) is 5.75 Å². The summed E-state index contributed by atoms with van der Waals surface area (Å²) >= 11 is 0. The van der Waals surface area contributed by atoms with Crippen LogP contribution < -0.4 is 4.74 Å². The van der Waals surface area contributed by atoms with Gasteiger partial charge in [-0.15, -0.1) is 0 Å². The van der Waals surface area contributed by atoms with Crippen LogP contribution in [0.3, 0.4) is 0 Å². The topological polar surface area (TPSA) is 46.5 Å². The summed E-state index contributed by atoms with van der Waals surface area (Å²) in [5, 5.41) is 8.76. The number of hydrogen-bond acceptors (Lipinski definition) is 2. The number of carbonyl (C=O) groups is 1.